The fourth-order valence-corrected chi connectivity index (χ4v) is 1.11. The van der Waals surface area contributed by atoms with E-state index < -0.39 is 0 Å². The molecule has 0 saturated heterocycles. The van der Waals surface area contributed by atoms with Crippen LogP contribution in [0.2, 0.25) is 0 Å². The van der Waals surface area contributed by atoms with Crippen LogP contribution in [-0.2, 0) is 9.59 Å². The van der Waals surface area contributed by atoms with Gasteiger partial charge < -0.3 is 16.4 Å². The Hall–Kier alpha value is -1.10. The SMILES string of the molecule is CC(C)CNC(=O)CCNC(=O)C(C)C(C)N. The predicted molar refractivity (Wildman–Crippen MR) is 68.3 cm³/mol. The predicted octanol–water partition coefficient (Wildman–Crippen LogP) is 0.248. The summed E-state index contributed by atoms with van der Waals surface area (Å²) in [5.74, 6) is 0.0736. The van der Waals surface area contributed by atoms with Crippen molar-refractivity contribution in [1.82, 2.24) is 10.6 Å². The molecule has 0 fully saturated rings. The second-order valence-electron chi connectivity index (χ2n) is 4.89. The van der Waals surface area contributed by atoms with Crippen molar-refractivity contribution in [3.8, 4) is 0 Å². The molecule has 0 aliphatic carbocycles. The van der Waals surface area contributed by atoms with E-state index >= 15 is 0 Å². The largest absolute Gasteiger partial charge is 0.356 e. The summed E-state index contributed by atoms with van der Waals surface area (Å²) >= 11 is 0. The van der Waals surface area contributed by atoms with Crippen molar-refractivity contribution >= 4 is 11.8 Å². The Morgan fingerprint density at radius 2 is 1.71 bits per heavy atom. The van der Waals surface area contributed by atoms with Gasteiger partial charge in [-0.25, -0.2) is 0 Å². The van der Waals surface area contributed by atoms with Gasteiger partial charge in [-0.3, -0.25) is 9.59 Å². The Kier molecular flexibility index (Phi) is 7.54. The highest BCUT2D eigenvalue weighted by atomic mass is 16.2. The van der Waals surface area contributed by atoms with Crippen LogP contribution in [0.15, 0.2) is 0 Å². The Bertz CT molecular complexity index is 252. The molecule has 100 valence electrons. The maximum Gasteiger partial charge on any atom is 0.224 e. The molecule has 0 aliphatic rings. The molecule has 0 aromatic rings. The van der Waals surface area contributed by atoms with Gasteiger partial charge in [-0.2, -0.15) is 0 Å². The number of amides is 2. The van der Waals surface area contributed by atoms with Crippen LogP contribution in [0.3, 0.4) is 0 Å². The van der Waals surface area contributed by atoms with E-state index in [0.717, 1.165) is 0 Å². The van der Waals surface area contributed by atoms with Gasteiger partial charge in [0.25, 0.3) is 0 Å². The van der Waals surface area contributed by atoms with Gasteiger partial charge in [0.1, 0.15) is 0 Å². The molecular weight excluding hydrogens is 218 g/mol. The van der Waals surface area contributed by atoms with E-state index in [1.54, 1.807) is 13.8 Å². The summed E-state index contributed by atoms with van der Waals surface area (Å²) in [6, 6.07) is -0.176. The van der Waals surface area contributed by atoms with Crippen LogP contribution >= 0.6 is 0 Å². The molecule has 0 aromatic carbocycles. The van der Waals surface area contributed by atoms with E-state index in [2.05, 4.69) is 10.6 Å². The summed E-state index contributed by atoms with van der Waals surface area (Å²) in [4.78, 5) is 22.9. The molecule has 0 radical (unpaired) electrons. The van der Waals surface area contributed by atoms with Crippen LogP contribution in [0.4, 0.5) is 0 Å². The molecule has 5 nitrogen and oxygen atoms in total. The maximum absolute atomic E-state index is 11.5. The van der Waals surface area contributed by atoms with Crippen LogP contribution in [-0.4, -0.2) is 30.9 Å². The first-order valence-corrected chi connectivity index (χ1v) is 6.14. The first-order valence-electron chi connectivity index (χ1n) is 6.14. The second kappa shape index (κ2) is 8.06. The lowest BCUT2D eigenvalue weighted by atomic mass is 10.0. The van der Waals surface area contributed by atoms with Crippen molar-refractivity contribution in [1.29, 1.82) is 0 Å². The topological polar surface area (TPSA) is 84.2 Å². The molecule has 5 heteroatoms. The van der Waals surface area contributed by atoms with Crippen molar-refractivity contribution in [3.63, 3.8) is 0 Å². The lowest BCUT2D eigenvalue weighted by Gasteiger charge is -2.15. The molecule has 0 bridgehead atoms. The zero-order valence-corrected chi connectivity index (χ0v) is 11.2. The fourth-order valence-electron chi connectivity index (χ4n) is 1.11. The third-order valence-electron chi connectivity index (χ3n) is 2.56. The lowest BCUT2D eigenvalue weighted by molar-refractivity contribution is -0.125. The molecule has 17 heavy (non-hydrogen) atoms. The summed E-state index contributed by atoms with van der Waals surface area (Å²) in [5, 5.41) is 5.50. The van der Waals surface area contributed by atoms with E-state index in [0.29, 0.717) is 25.4 Å². The Balaban J connectivity index is 3.69. The summed E-state index contributed by atoms with van der Waals surface area (Å²) in [6.45, 7) is 8.67. The fraction of sp³-hybridized carbons (Fsp3) is 0.833. The minimum Gasteiger partial charge on any atom is -0.356 e. The number of nitrogens with one attached hydrogen (secondary N) is 2. The van der Waals surface area contributed by atoms with Crippen molar-refractivity contribution in [2.24, 2.45) is 17.6 Å². The Labute approximate surface area is 104 Å². The average Bonchev–Trinajstić information content (AvgIpc) is 2.24. The van der Waals surface area contributed by atoms with Gasteiger partial charge in [0.2, 0.25) is 11.8 Å². The van der Waals surface area contributed by atoms with Crippen molar-refractivity contribution in [3.05, 3.63) is 0 Å². The highest BCUT2D eigenvalue weighted by molar-refractivity contribution is 5.80. The van der Waals surface area contributed by atoms with E-state index in [4.69, 9.17) is 5.73 Å². The van der Waals surface area contributed by atoms with Gasteiger partial charge in [0, 0.05) is 31.5 Å². The third-order valence-corrected chi connectivity index (χ3v) is 2.56. The van der Waals surface area contributed by atoms with Gasteiger partial charge in [-0.05, 0) is 12.8 Å². The first kappa shape index (κ1) is 15.9. The molecule has 0 spiro atoms. The zero-order valence-electron chi connectivity index (χ0n) is 11.2. The lowest BCUT2D eigenvalue weighted by Crippen LogP contribution is -2.40. The number of nitrogens with two attached hydrogens (primary N) is 1. The zero-order chi connectivity index (χ0) is 13.4. The van der Waals surface area contributed by atoms with E-state index in [1.165, 1.54) is 0 Å². The molecular formula is C12H25N3O2. The molecule has 0 aliphatic heterocycles. The molecule has 4 N–H and O–H groups in total. The Morgan fingerprint density at radius 1 is 1.12 bits per heavy atom. The number of hydrogen-bond acceptors (Lipinski definition) is 3. The molecule has 2 atom stereocenters. The van der Waals surface area contributed by atoms with E-state index in [1.807, 2.05) is 13.8 Å². The van der Waals surface area contributed by atoms with Gasteiger partial charge in [-0.15, -0.1) is 0 Å². The van der Waals surface area contributed by atoms with E-state index in [9.17, 15) is 9.59 Å². The van der Waals surface area contributed by atoms with Gasteiger partial charge in [0.05, 0.1) is 0 Å². The summed E-state index contributed by atoms with van der Waals surface area (Å²) < 4.78 is 0. The highest BCUT2D eigenvalue weighted by Gasteiger charge is 2.16. The van der Waals surface area contributed by atoms with Gasteiger partial charge >= 0.3 is 0 Å². The van der Waals surface area contributed by atoms with Gasteiger partial charge in [0.15, 0.2) is 0 Å². The van der Waals surface area contributed by atoms with Crippen molar-refractivity contribution in [2.45, 2.75) is 40.2 Å². The Morgan fingerprint density at radius 3 is 2.18 bits per heavy atom. The molecule has 2 amide bonds. The minimum absolute atomic E-state index is 0.0348. The smallest absolute Gasteiger partial charge is 0.224 e. The molecule has 0 saturated carbocycles. The van der Waals surface area contributed by atoms with Crippen LogP contribution in [0, 0.1) is 11.8 Å². The normalized spacial score (nSPS) is 14.2. The quantitative estimate of drug-likeness (QED) is 0.599. The van der Waals surface area contributed by atoms with Crippen molar-refractivity contribution < 1.29 is 9.59 Å². The molecule has 2 unspecified atom stereocenters. The van der Waals surface area contributed by atoms with Crippen LogP contribution in [0.25, 0.3) is 0 Å². The summed E-state index contributed by atoms with van der Waals surface area (Å²) in [5.41, 5.74) is 5.61. The highest BCUT2D eigenvalue weighted by Crippen LogP contribution is 1.98. The number of hydrogen-bond donors (Lipinski definition) is 3. The standard InChI is InChI=1S/C12H25N3O2/c1-8(2)7-15-11(16)5-6-14-12(17)9(3)10(4)13/h8-10H,5-7,13H2,1-4H3,(H,14,17)(H,15,16). The summed E-state index contributed by atoms with van der Waals surface area (Å²) in [6.07, 6.45) is 0.310. The first-order chi connectivity index (χ1) is 7.84. The molecule has 0 aromatic heterocycles. The molecule has 0 heterocycles. The number of carbonyl (C=O) groups is 2. The number of carbonyl (C=O) groups excluding carboxylic acids is 2. The molecule has 0 rings (SSSR count). The number of rotatable bonds is 7. The average molecular weight is 243 g/mol. The summed E-state index contributed by atoms with van der Waals surface area (Å²) in [7, 11) is 0. The van der Waals surface area contributed by atoms with Crippen LogP contribution in [0.1, 0.15) is 34.1 Å². The maximum atomic E-state index is 11.5. The monoisotopic (exact) mass is 243 g/mol. The van der Waals surface area contributed by atoms with Crippen molar-refractivity contribution in [2.75, 3.05) is 13.1 Å². The van der Waals surface area contributed by atoms with Crippen LogP contribution < -0.4 is 16.4 Å². The minimum atomic E-state index is -0.228. The van der Waals surface area contributed by atoms with Crippen LogP contribution in [0.5, 0.6) is 0 Å². The third kappa shape index (κ3) is 7.74. The second-order valence-corrected chi connectivity index (χ2v) is 4.89. The van der Waals surface area contributed by atoms with E-state index in [-0.39, 0.29) is 23.8 Å². The van der Waals surface area contributed by atoms with Gasteiger partial charge in [-0.1, -0.05) is 20.8 Å².